The number of aliphatic hydroxyl groups excluding tert-OH is 1. The van der Waals surface area contributed by atoms with Crippen LogP contribution in [0.2, 0.25) is 0 Å². The Hall–Kier alpha value is -3.16. The van der Waals surface area contributed by atoms with E-state index in [0.717, 1.165) is 11.1 Å². The second kappa shape index (κ2) is 6.19. The Morgan fingerprint density at radius 2 is 1.68 bits per heavy atom. The third kappa shape index (κ3) is 2.30. The lowest BCUT2D eigenvalue weighted by atomic mass is 9.89. The Morgan fingerprint density at radius 3 is 2.43 bits per heavy atom. The smallest absolute Gasteiger partial charge is 0.231 e. The number of benzene rings is 3. The van der Waals surface area contributed by atoms with Crippen molar-refractivity contribution < 1.29 is 33.9 Å². The maximum atomic E-state index is 10.9. The number of ether oxygens (including phenoxy) is 5. The number of aliphatic hydroxyl groups is 1. The molecule has 144 valence electrons. The van der Waals surface area contributed by atoms with Crippen LogP contribution in [0.1, 0.15) is 17.4 Å². The first-order chi connectivity index (χ1) is 13.6. The highest BCUT2D eigenvalue weighted by Gasteiger charge is 2.32. The molecule has 0 aliphatic carbocycles. The summed E-state index contributed by atoms with van der Waals surface area (Å²) in [5.41, 5.74) is 2.64. The molecule has 0 bridgehead atoms. The van der Waals surface area contributed by atoms with Crippen molar-refractivity contribution in [1.29, 1.82) is 0 Å². The molecule has 0 radical (unpaired) electrons. The van der Waals surface area contributed by atoms with Gasteiger partial charge in [-0.25, -0.2) is 0 Å². The first-order valence-corrected chi connectivity index (χ1v) is 8.75. The molecule has 7 nitrogen and oxygen atoms in total. The number of methoxy groups -OCH3 is 2. The zero-order valence-electron chi connectivity index (χ0n) is 15.3. The van der Waals surface area contributed by atoms with Crippen LogP contribution in [0.3, 0.4) is 0 Å². The third-order valence-corrected chi connectivity index (χ3v) is 5.22. The number of hydrogen-bond donors (Lipinski definition) is 2. The summed E-state index contributed by atoms with van der Waals surface area (Å²) in [6.45, 7) is 0.286. The molecule has 3 aromatic carbocycles. The summed E-state index contributed by atoms with van der Waals surface area (Å²) in [6.07, 6.45) is -1.14. The summed E-state index contributed by atoms with van der Waals surface area (Å²) >= 11 is 0. The van der Waals surface area contributed by atoms with E-state index >= 15 is 0 Å². The van der Waals surface area contributed by atoms with Gasteiger partial charge >= 0.3 is 0 Å². The fourth-order valence-corrected chi connectivity index (χ4v) is 3.90. The third-order valence-electron chi connectivity index (χ3n) is 5.22. The van der Waals surface area contributed by atoms with Crippen molar-refractivity contribution in [3.05, 3.63) is 41.5 Å². The van der Waals surface area contributed by atoms with Gasteiger partial charge in [0, 0.05) is 16.5 Å². The summed E-state index contributed by atoms with van der Waals surface area (Å²) in [5, 5.41) is 22.6. The maximum absolute atomic E-state index is 10.9. The molecule has 0 fully saturated rings. The topological polar surface area (TPSA) is 86.6 Å². The van der Waals surface area contributed by atoms with E-state index in [1.165, 1.54) is 0 Å². The molecule has 2 heterocycles. The van der Waals surface area contributed by atoms with Gasteiger partial charge in [0.2, 0.25) is 6.79 Å². The van der Waals surface area contributed by atoms with Gasteiger partial charge in [-0.1, -0.05) is 6.07 Å². The fraction of sp³-hybridized carbons (Fsp3) is 0.238. The van der Waals surface area contributed by atoms with E-state index < -0.39 is 6.29 Å². The Kier molecular flexibility index (Phi) is 3.75. The highest BCUT2D eigenvalue weighted by atomic mass is 16.7. The Bertz CT molecular complexity index is 1110. The minimum atomic E-state index is -1.14. The molecule has 3 aromatic rings. The van der Waals surface area contributed by atoms with Gasteiger partial charge in [0.15, 0.2) is 29.3 Å². The van der Waals surface area contributed by atoms with Gasteiger partial charge in [-0.3, -0.25) is 0 Å². The lowest BCUT2D eigenvalue weighted by Crippen LogP contribution is -1.99. The van der Waals surface area contributed by atoms with E-state index in [2.05, 4.69) is 0 Å². The summed E-state index contributed by atoms with van der Waals surface area (Å²) in [5.74, 6) is 2.37. The number of hydrogen-bond acceptors (Lipinski definition) is 7. The molecule has 28 heavy (non-hydrogen) atoms. The number of aromatic hydroxyl groups is 1. The van der Waals surface area contributed by atoms with Crippen molar-refractivity contribution >= 4 is 10.8 Å². The van der Waals surface area contributed by atoms with E-state index in [4.69, 9.17) is 23.7 Å². The molecule has 0 aromatic heterocycles. The van der Waals surface area contributed by atoms with Crippen LogP contribution in [0.25, 0.3) is 21.9 Å². The first kappa shape index (κ1) is 17.0. The molecular formula is C21H18O7. The standard InChI is InChI=1S/C21H18O7/c1-24-15-6-11-12(7-16(15)25-2)20(22)13-8-26-21(23)19(13)18(11)10-3-4-14-17(5-10)28-9-27-14/h3-7,21-23H,8-9H2,1-2H3. The molecule has 2 N–H and O–H groups in total. The van der Waals surface area contributed by atoms with Crippen molar-refractivity contribution in [1.82, 2.24) is 0 Å². The minimum Gasteiger partial charge on any atom is -0.507 e. The van der Waals surface area contributed by atoms with Crippen LogP contribution in [0.15, 0.2) is 30.3 Å². The van der Waals surface area contributed by atoms with Crippen LogP contribution >= 0.6 is 0 Å². The number of fused-ring (bicyclic) bond motifs is 3. The van der Waals surface area contributed by atoms with Gasteiger partial charge in [-0.15, -0.1) is 0 Å². The van der Waals surface area contributed by atoms with Crippen molar-refractivity contribution in [2.45, 2.75) is 12.9 Å². The average Bonchev–Trinajstić information content (AvgIpc) is 3.34. The number of phenolic OH excluding ortho intramolecular Hbond substituents is 1. The predicted octanol–water partition coefficient (Wildman–Crippen LogP) is 3.48. The minimum absolute atomic E-state index is 0.0620. The van der Waals surface area contributed by atoms with Gasteiger partial charge in [0.1, 0.15) is 5.75 Å². The molecule has 7 heteroatoms. The van der Waals surface area contributed by atoms with E-state index in [-0.39, 0.29) is 19.1 Å². The van der Waals surface area contributed by atoms with E-state index in [1.807, 2.05) is 18.2 Å². The van der Waals surface area contributed by atoms with Crippen molar-refractivity contribution in [3.63, 3.8) is 0 Å². The van der Waals surface area contributed by atoms with Crippen LogP contribution < -0.4 is 18.9 Å². The van der Waals surface area contributed by atoms with Crippen molar-refractivity contribution in [2.75, 3.05) is 21.0 Å². The van der Waals surface area contributed by atoms with E-state index in [0.29, 0.717) is 44.9 Å². The summed E-state index contributed by atoms with van der Waals surface area (Å²) in [7, 11) is 3.09. The predicted molar refractivity (Wildman–Crippen MR) is 100 cm³/mol. The van der Waals surface area contributed by atoms with Crippen LogP contribution in [-0.2, 0) is 11.3 Å². The van der Waals surface area contributed by atoms with Crippen LogP contribution in [0, 0.1) is 0 Å². The van der Waals surface area contributed by atoms with Crippen LogP contribution in [-0.4, -0.2) is 31.2 Å². The molecule has 1 unspecified atom stereocenters. The molecule has 0 saturated carbocycles. The number of rotatable bonds is 3. The molecule has 0 amide bonds. The molecule has 1 atom stereocenters. The maximum Gasteiger partial charge on any atom is 0.231 e. The van der Waals surface area contributed by atoms with E-state index in [1.54, 1.807) is 26.4 Å². The van der Waals surface area contributed by atoms with Crippen molar-refractivity contribution in [3.8, 4) is 39.9 Å². The molecule has 0 saturated heterocycles. The van der Waals surface area contributed by atoms with Crippen LogP contribution in [0.4, 0.5) is 0 Å². The SMILES string of the molecule is COc1cc2c(O)c3c(c(-c4ccc5c(c4)OCO5)c2cc1OC)C(O)OC3. The van der Waals surface area contributed by atoms with Crippen molar-refractivity contribution in [2.24, 2.45) is 0 Å². The Labute approximate surface area is 160 Å². The molecule has 5 rings (SSSR count). The summed E-state index contributed by atoms with van der Waals surface area (Å²) < 4.78 is 27.2. The lowest BCUT2D eigenvalue weighted by Gasteiger charge is -2.18. The summed E-state index contributed by atoms with van der Waals surface area (Å²) in [4.78, 5) is 0. The number of phenols is 1. The largest absolute Gasteiger partial charge is 0.507 e. The summed E-state index contributed by atoms with van der Waals surface area (Å²) in [6, 6.07) is 9.09. The van der Waals surface area contributed by atoms with E-state index in [9.17, 15) is 10.2 Å². The highest BCUT2D eigenvalue weighted by molar-refractivity contribution is 6.05. The highest BCUT2D eigenvalue weighted by Crippen LogP contribution is 2.50. The van der Waals surface area contributed by atoms with Gasteiger partial charge in [-0.2, -0.15) is 0 Å². The average molecular weight is 382 g/mol. The quantitative estimate of drug-likeness (QED) is 0.717. The fourth-order valence-electron chi connectivity index (χ4n) is 3.90. The second-order valence-corrected chi connectivity index (χ2v) is 6.60. The zero-order chi connectivity index (χ0) is 19.4. The van der Waals surface area contributed by atoms with Crippen LogP contribution in [0.5, 0.6) is 28.7 Å². The zero-order valence-corrected chi connectivity index (χ0v) is 15.3. The molecule has 2 aliphatic rings. The van der Waals surface area contributed by atoms with Gasteiger partial charge < -0.3 is 33.9 Å². The first-order valence-electron chi connectivity index (χ1n) is 8.75. The second-order valence-electron chi connectivity index (χ2n) is 6.60. The molecule has 0 spiro atoms. The Balaban J connectivity index is 1.89. The van der Waals surface area contributed by atoms with Gasteiger partial charge in [-0.05, 0) is 40.8 Å². The monoisotopic (exact) mass is 382 g/mol. The van der Waals surface area contributed by atoms with Gasteiger partial charge in [0.25, 0.3) is 0 Å². The van der Waals surface area contributed by atoms with Gasteiger partial charge in [0.05, 0.1) is 20.8 Å². The normalized spacial score (nSPS) is 17.0. The lowest BCUT2D eigenvalue weighted by molar-refractivity contribution is -0.0916. The Morgan fingerprint density at radius 1 is 0.964 bits per heavy atom. The molecule has 2 aliphatic heterocycles. The molecular weight excluding hydrogens is 364 g/mol.